The number of rotatable bonds is 3. The number of hydrogen-bond donors (Lipinski definition) is 0. The topological polar surface area (TPSA) is 54.3 Å². The molecular formula is C15H10F3N3O2. The number of alkyl halides is 3. The summed E-state index contributed by atoms with van der Waals surface area (Å²) in [6.45, 7) is 0.225. The molecule has 0 amide bonds. The van der Waals surface area contributed by atoms with Crippen LogP contribution in [0.2, 0.25) is 0 Å². The average molecular weight is 321 g/mol. The molecule has 0 N–H and O–H groups in total. The zero-order valence-electron chi connectivity index (χ0n) is 11.6. The summed E-state index contributed by atoms with van der Waals surface area (Å²) < 4.78 is 40.8. The Morgan fingerprint density at radius 1 is 1.17 bits per heavy atom. The summed E-state index contributed by atoms with van der Waals surface area (Å²) in [5, 5.41) is 8.62. The highest BCUT2D eigenvalue weighted by atomic mass is 19.4. The lowest BCUT2D eigenvalue weighted by Crippen LogP contribution is -2.22. The van der Waals surface area contributed by atoms with Crippen LogP contribution in [0.4, 0.5) is 24.5 Å². The summed E-state index contributed by atoms with van der Waals surface area (Å²) in [7, 11) is 0. The highest BCUT2D eigenvalue weighted by Crippen LogP contribution is 2.31. The van der Waals surface area contributed by atoms with Crippen LogP contribution in [0.5, 0.6) is 5.75 Å². The molecule has 3 rings (SSSR count). The molecular weight excluding hydrogens is 311 g/mol. The van der Waals surface area contributed by atoms with Gasteiger partial charge in [-0.2, -0.15) is 5.10 Å². The summed E-state index contributed by atoms with van der Waals surface area (Å²) in [4.78, 5) is 10.9. The number of fused-ring (bicyclic) bond motifs is 1. The van der Waals surface area contributed by atoms with Crippen molar-refractivity contribution in [2.45, 2.75) is 12.9 Å². The molecule has 0 saturated heterocycles. The molecule has 0 aromatic heterocycles. The summed E-state index contributed by atoms with van der Waals surface area (Å²) in [6.07, 6.45) is -3.23. The van der Waals surface area contributed by atoms with E-state index < -0.39 is 6.36 Å². The molecule has 23 heavy (non-hydrogen) atoms. The zero-order chi connectivity index (χ0) is 16.4. The van der Waals surface area contributed by atoms with Crippen LogP contribution in [0.3, 0.4) is 0 Å². The fourth-order valence-corrected chi connectivity index (χ4v) is 2.29. The molecule has 118 valence electrons. The minimum atomic E-state index is -4.76. The van der Waals surface area contributed by atoms with Gasteiger partial charge in [-0.15, -0.1) is 18.1 Å². The van der Waals surface area contributed by atoms with Crippen molar-refractivity contribution >= 4 is 17.6 Å². The third kappa shape index (κ3) is 3.31. The van der Waals surface area contributed by atoms with Crippen LogP contribution in [0.25, 0.3) is 0 Å². The van der Waals surface area contributed by atoms with Crippen molar-refractivity contribution in [1.29, 1.82) is 0 Å². The third-order valence-electron chi connectivity index (χ3n) is 3.28. The molecule has 0 spiro atoms. The summed E-state index contributed by atoms with van der Waals surface area (Å²) >= 11 is 0. The van der Waals surface area contributed by atoms with Crippen LogP contribution in [0, 0.1) is 4.91 Å². The van der Waals surface area contributed by atoms with Crippen LogP contribution < -0.4 is 9.75 Å². The predicted molar refractivity (Wildman–Crippen MR) is 78.8 cm³/mol. The molecule has 0 atom stereocenters. The van der Waals surface area contributed by atoms with E-state index in [0.717, 1.165) is 5.56 Å². The zero-order valence-corrected chi connectivity index (χ0v) is 11.6. The van der Waals surface area contributed by atoms with Crippen LogP contribution in [0.1, 0.15) is 11.1 Å². The molecule has 0 aliphatic carbocycles. The Morgan fingerprint density at radius 2 is 1.96 bits per heavy atom. The van der Waals surface area contributed by atoms with Gasteiger partial charge in [0, 0.05) is 17.2 Å². The normalized spacial score (nSPS) is 13.6. The van der Waals surface area contributed by atoms with Crippen molar-refractivity contribution in [3.8, 4) is 5.75 Å². The van der Waals surface area contributed by atoms with Gasteiger partial charge in [0.25, 0.3) is 0 Å². The maximum atomic E-state index is 12.3. The number of anilines is 1. The Morgan fingerprint density at radius 3 is 2.70 bits per heavy atom. The van der Waals surface area contributed by atoms with Crippen LogP contribution in [-0.2, 0) is 6.54 Å². The van der Waals surface area contributed by atoms with Gasteiger partial charge >= 0.3 is 6.36 Å². The first-order valence-electron chi connectivity index (χ1n) is 6.59. The highest BCUT2D eigenvalue weighted by molar-refractivity contribution is 5.86. The summed E-state index contributed by atoms with van der Waals surface area (Å²) in [6, 6.07) is 10.5. The van der Waals surface area contributed by atoms with E-state index in [1.165, 1.54) is 29.4 Å². The Balaban J connectivity index is 1.90. The van der Waals surface area contributed by atoms with E-state index in [-0.39, 0.29) is 18.0 Å². The lowest BCUT2D eigenvalue weighted by atomic mass is 10.0. The second-order valence-corrected chi connectivity index (χ2v) is 4.78. The summed E-state index contributed by atoms with van der Waals surface area (Å²) in [5.41, 5.74) is 2.11. The smallest absolute Gasteiger partial charge is 0.406 e. The minimum Gasteiger partial charge on any atom is -0.406 e. The Hall–Kier alpha value is -2.90. The first kappa shape index (κ1) is 15.0. The number of halogens is 3. The quantitative estimate of drug-likeness (QED) is 0.790. The largest absolute Gasteiger partial charge is 0.573 e. The molecule has 1 heterocycles. The van der Waals surface area contributed by atoms with Crippen LogP contribution in [0.15, 0.2) is 52.7 Å². The van der Waals surface area contributed by atoms with E-state index in [1.807, 2.05) is 0 Å². The maximum absolute atomic E-state index is 12.3. The lowest BCUT2D eigenvalue weighted by molar-refractivity contribution is -0.274. The SMILES string of the molecule is O=Nc1cccc2c1CN(c1cccc(OC(F)(F)F)c1)N=C2. The molecule has 0 unspecified atom stereocenters. The van der Waals surface area contributed by atoms with Gasteiger partial charge in [-0.05, 0) is 23.4 Å². The standard InChI is InChI=1S/C15H10F3N3O2/c16-15(17,18)23-12-5-2-4-11(7-12)21-9-13-10(8-19-21)3-1-6-14(13)20-22/h1-8H,9H2. The van der Waals surface area contributed by atoms with Gasteiger partial charge in [-0.3, -0.25) is 5.01 Å². The second-order valence-electron chi connectivity index (χ2n) is 4.78. The Kier molecular flexibility index (Phi) is 3.73. The molecule has 0 radical (unpaired) electrons. The second kappa shape index (κ2) is 5.71. The number of nitrogens with zero attached hydrogens (tertiary/aromatic N) is 3. The van der Waals surface area contributed by atoms with Crippen molar-refractivity contribution < 1.29 is 17.9 Å². The molecule has 5 nitrogen and oxygen atoms in total. The van der Waals surface area contributed by atoms with Gasteiger partial charge in [0.1, 0.15) is 11.4 Å². The number of benzene rings is 2. The minimum absolute atomic E-state index is 0.225. The van der Waals surface area contributed by atoms with Crippen molar-refractivity contribution in [2.75, 3.05) is 5.01 Å². The Labute approximate surface area is 129 Å². The first-order chi connectivity index (χ1) is 11.0. The molecule has 1 aliphatic heterocycles. The number of hydrogen-bond acceptors (Lipinski definition) is 5. The fraction of sp³-hybridized carbons (Fsp3) is 0.133. The molecule has 1 aliphatic rings. The van der Waals surface area contributed by atoms with Gasteiger partial charge in [0.15, 0.2) is 0 Å². The predicted octanol–water partition coefficient (Wildman–Crippen LogP) is 4.34. The maximum Gasteiger partial charge on any atom is 0.573 e. The summed E-state index contributed by atoms with van der Waals surface area (Å²) in [5.74, 6) is -0.335. The van der Waals surface area contributed by atoms with Gasteiger partial charge in [0.05, 0.1) is 18.4 Å². The molecule has 8 heteroatoms. The van der Waals surface area contributed by atoms with Crippen molar-refractivity contribution in [3.05, 3.63) is 58.5 Å². The van der Waals surface area contributed by atoms with E-state index in [9.17, 15) is 18.1 Å². The van der Waals surface area contributed by atoms with Crippen molar-refractivity contribution in [3.63, 3.8) is 0 Å². The van der Waals surface area contributed by atoms with E-state index in [4.69, 9.17) is 0 Å². The fourth-order valence-electron chi connectivity index (χ4n) is 2.29. The van der Waals surface area contributed by atoms with Gasteiger partial charge in [-0.1, -0.05) is 18.2 Å². The number of hydrazone groups is 1. The highest BCUT2D eigenvalue weighted by Gasteiger charge is 2.31. The third-order valence-corrected chi connectivity index (χ3v) is 3.28. The first-order valence-corrected chi connectivity index (χ1v) is 6.59. The molecule has 2 aromatic rings. The lowest BCUT2D eigenvalue weighted by Gasteiger charge is -2.24. The van der Waals surface area contributed by atoms with Gasteiger partial charge in [-0.25, -0.2) is 0 Å². The Bertz CT molecular complexity index is 775. The van der Waals surface area contributed by atoms with Crippen LogP contribution in [-0.4, -0.2) is 12.6 Å². The van der Waals surface area contributed by atoms with Crippen molar-refractivity contribution in [2.24, 2.45) is 10.3 Å². The number of nitroso groups, excluding NO2 is 1. The monoisotopic (exact) mass is 321 g/mol. The molecule has 2 aromatic carbocycles. The van der Waals surface area contributed by atoms with Gasteiger partial charge in [0.2, 0.25) is 0 Å². The molecule has 0 fully saturated rings. The van der Waals surface area contributed by atoms with E-state index >= 15 is 0 Å². The van der Waals surface area contributed by atoms with E-state index in [1.54, 1.807) is 24.3 Å². The average Bonchev–Trinajstić information content (AvgIpc) is 2.52. The van der Waals surface area contributed by atoms with E-state index in [2.05, 4.69) is 15.0 Å². The van der Waals surface area contributed by atoms with Gasteiger partial charge < -0.3 is 4.74 Å². The molecule has 0 bridgehead atoms. The van der Waals surface area contributed by atoms with E-state index in [0.29, 0.717) is 11.3 Å². The van der Waals surface area contributed by atoms with Crippen LogP contribution >= 0.6 is 0 Å². The van der Waals surface area contributed by atoms with Crippen molar-refractivity contribution in [1.82, 2.24) is 0 Å². The number of ether oxygens (including phenoxy) is 1. The molecule has 0 saturated carbocycles.